The predicted octanol–water partition coefficient (Wildman–Crippen LogP) is 0.492. The lowest BCUT2D eigenvalue weighted by Gasteiger charge is -2.35. The maximum atomic E-state index is 11.2. The van der Waals surface area contributed by atoms with E-state index in [1.165, 1.54) is 6.26 Å². The van der Waals surface area contributed by atoms with Gasteiger partial charge in [0.25, 0.3) is 0 Å². The zero-order valence-corrected chi connectivity index (χ0v) is 13.8. The van der Waals surface area contributed by atoms with E-state index in [4.69, 9.17) is 0 Å². The quantitative estimate of drug-likeness (QED) is 0.614. The van der Waals surface area contributed by atoms with Crippen LogP contribution in [-0.2, 0) is 9.84 Å². The summed E-state index contributed by atoms with van der Waals surface area (Å²) >= 11 is 0. The van der Waals surface area contributed by atoms with Gasteiger partial charge in [0.05, 0.1) is 12.4 Å². The third-order valence-corrected chi connectivity index (χ3v) is 4.39. The minimum absolute atomic E-state index is 0.0806. The Bertz CT molecular complexity index is 346. The predicted molar refractivity (Wildman–Crippen MR) is 80.2 cm³/mol. The van der Waals surface area contributed by atoms with Crippen molar-refractivity contribution in [3.8, 4) is 0 Å². The lowest BCUT2D eigenvalue weighted by Crippen LogP contribution is -2.50. The summed E-state index contributed by atoms with van der Waals surface area (Å²) in [6, 6.07) is 0.211. The van der Waals surface area contributed by atoms with Gasteiger partial charge in [-0.25, -0.2) is 8.42 Å². The van der Waals surface area contributed by atoms with Crippen molar-refractivity contribution in [1.82, 2.24) is 10.2 Å². The van der Waals surface area contributed by atoms with Crippen LogP contribution >= 0.6 is 0 Å². The second kappa shape index (κ2) is 8.19. The summed E-state index contributed by atoms with van der Waals surface area (Å²) in [6.45, 7) is 7.63. The van der Waals surface area contributed by atoms with Gasteiger partial charge in [0.2, 0.25) is 0 Å². The number of nitrogens with one attached hydrogen (secondary N) is 1. The highest BCUT2D eigenvalue weighted by atomic mass is 32.2. The number of nitrogens with zero attached hydrogens (tertiary/aromatic N) is 1. The molecular formula is C13H30N2O3S. The van der Waals surface area contributed by atoms with Crippen molar-refractivity contribution < 1.29 is 13.5 Å². The minimum Gasteiger partial charge on any atom is -0.394 e. The third-order valence-electron chi connectivity index (χ3n) is 3.46. The Balaban J connectivity index is 4.35. The summed E-state index contributed by atoms with van der Waals surface area (Å²) in [7, 11) is -0.999. The number of aliphatic hydroxyl groups is 1. The molecule has 5 nitrogen and oxygen atoms in total. The van der Waals surface area contributed by atoms with Gasteiger partial charge in [0.15, 0.2) is 0 Å². The molecular weight excluding hydrogens is 264 g/mol. The van der Waals surface area contributed by atoms with E-state index in [1.807, 2.05) is 18.9 Å². The van der Waals surface area contributed by atoms with Gasteiger partial charge in [-0.3, -0.25) is 0 Å². The van der Waals surface area contributed by atoms with Gasteiger partial charge in [0.1, 0.15) is 9.84 Å². The highest BCUT2D eigenvalue weighted by molar-refractivity contribution is 7.90. The van der Waals surface area contributed by atoms with Crippen molar-refractivity contribution in [2.75, 3.05) is 38.8 Å². The Kier molecular flexibility index (Phi) is 8.12. The first-order chi connectivity index (χ1) is 8.63. The molecule has 2 atom stereocenters. The number of sulfone groups is 1. The molecule has 116 valence electrons. The molecule has 0 aliphatic heterocycles. The Morgan fingerprint density at radius 1 is 1.42 bits per heavy atom. The average Bonchev–Trinajstić information content (AvgIpc) is 2.32. The summed E-state index contributed by atoms with van der Waals surface area (Å²) < 4.78 is 22.3. The normalized spacial score (nSPS) is 17.4. The fraction of sp³-hybridized carbons (Fsp3) is 1.00. The number of hydrogen-bond acceptors (Lipinski definition) is 5. The molecule has 0 rings (SSSR count). The van der Waals surface area contributed by atoms with Crippen molar-refractivity contribution in [1.29, 1.82) is 0 Å². The Morgan fingerprint density at radius 3 is 2.42 bits per heavy atom. The van der Waals surface area contributed by atoms with Crippen LogP contribution in [0.2, 0.25) is 0 Å². The molecule has 0 spiro atoms. The molecule has 0 aliphatic carbocycles. The molecule has 0 heterocycles. The Morgan fingerprint density at radius 2 is 2.00 bits per heavy atom. The van der Waals surface area contributed by atoms with E-state index in [0.717, 1.165) is 19.4 Å². The molecule has 0 aromatic rings. The molecule has 0 fully saturated rings. The molecule has 6 heteroatoms. The molecule has 0 radical (unpaired) electrons. The van der Waals surface area contributed by atoms with Gasteiger partial charge in [0, 0.05) is 24.4 Å². The fourth-order valence-corrected chi connectivity index (χ4v) is 2.58. The van der Waals surface area contributed by atoms with Crippen LogP contribution in [0.3, 0.4) is 0 Å². The lowest BCUT2D eigenvalue weighted by molar-refractivity contribution is 0.129. The fourth-order valence-electron chi connectivity index (χ4n) is 1.96. The maximum absolute atomic E-state index is 11.2. The maximum Gasteiger partial charge on any atom is 0.148 e. The van der Waals surface area contributed by atoms with Gasteiger partial charge >= 0.3 is 0 Å². The molecule has 0 bridgehead atoms. The molecule has 0 saturated heterocycles. The van der Waals surface area contributed by atoms with Crippen molar-refractivity contribution >= 4 is 9.84 Å². The van der Waals surface area contributed by atoms with Gasteiger partial charge in [-0.15, -0.1) is 0 Å². The molecule has 2 unspecified atom stereocenters. The minimum atomic E-state index is -2.92. The number of rotatable bonds is 10. The van der Waals surface area contributed by atoms with E-state index in [9.17, 15) is 13.5 Å². The first-order valence-corrected chi connectivity index (χ1v) is 8.93. The topological polar surface area (TPSA) is 69.6 Å². The van der Waals surface area contributed by atoms with E-state index < -0.39 is 9.84 Å². The average molecular weight is 294 g/mol. The second-order valence-corrected chi connectivity index (χ2v) is 8.07. The first kappa shape index (κ1) is 18.8. The summed E-state index contributed by atoms with van der Waals surface area (Å²) in [5.41, 5.74) is -0.311. The molecule has 0 saturated carbocycles. The SMILES string of the molecule is CCCNC(C)(CO)CC(C)N(C)CCS(C)(=O)=O. The van der Waals surface area contributed by atoms with Crippen LogP contribution in [0.15, 0.2) is 0 Å². The number of hydrogen-bond donors (Lipinski definition) is 2. The lowest BCUT2D eigenvalue weighted by atomic mass is 9.93. The number of aliphatic hydroxyl groups excluding tert-OH is 1. The van der Waals surface area contributed by atoms with Gasteiger partial charge < -0.3 is 15.3 Å². The van der Waals surface area contributed by atoms with Crippen molar-refractivity contribution in [3.63, 3.8) is 0 Å². The van der Waals surface area contributed by atoms with E-state index in [1.54, 1.807) is 0 Å². The molecule has 2 N–H and O–H groups in total. The van der Waals surface area contributed by atoms with Crippen LogP contribution < -0.4 is 5.32 Å². The Hall–Kier alpha value is -0.170. The van der Waals surface area contributed by atoms with Crippen molar-refractivity contribution in [2.24, 2.45) is 0 Å². The Labute approximate surface area is 118 Å². The van der Waals surface area contributed by atoms with Crippen molar-refractivity contribution in [2.45, 2.75) is 45.2 Å². The van der Waals surface area contributed by atoms with Crippen LogP contribution in [0.4, 0.5) is 0 Å². The highest BCUT2D eigenvalue weighted by Gasteiger charge is 2.26. The van der Waals surface area contributed by atoms with Crippen molar-refractivity contribution in [3.05, 3.63) is 0 Å². The summed E-state index contributed by atoms with van der Waals surface area (Å²) in [5.74, 6) is 0.173. The largest absolute Gasteiger partial charge is 0.394 e. The van der Waals surface area contributed by atoms with Gasteiger partial charge in [-0.2, -0.15) is 0 Å². The van der Waals surface area contributed by atoms with Crippen LogP contribution in [0.1, 0.15) is 33.6 Å². The summed E-state index contributed by atoms with van der Waals surface area (Å²) in [6.07, 6.45) is 3.06. The smallest absolute Gasteiger partial charge is 0.148 e. The summed E-state index contributed by atoms with van der Waals surface area (Å²) in [4.78, 5) is 2.03. The standard InChI is InChI=1S/C13H30N2O3S/c1-6-7-14-13(3,11-16)10-12(2)15(4)8-9-19(5,17)18/h12,14,16H,6-11H2,1-5H3. The highest BCUT2D eigenvalue weighted by Crippen LogP contribution is 2.15. The molecule has 0 aliphatic rings. The van der Waals surface area contributed by atoms with E-state index in [2.05, 4.69) is 19.2 Å². The monoisotopic (exact) mass is 294 g/mol. The zero-order valence-electron chi connectivity index (χ0n) is 12.9. The zero-order chi connectivity index (χ0) is 15.1. The summed E-state index contributed by atoms with van der Waals surface area (Å²) in [5, 5.41) is 12.9. The molecule has 0 aromatic carbocycles. The van der Waals surface area contributed by atoms with E-state index in [-0.39, 0.29) is 23.9 Å². The third kappa shape index (κ3) is 8.57. The van der Waals surface area contributed by atoms with E-state index in [0.29, 0.717) is 6.54 Å². The van der Waals surface area contributed by atoms with Gasteiger partial charge in [-0.1, -0.05) is 6.92 Å². The first-order valence-electron chi connectivity index (χ1n) is 6.87. The molecule has 19 heavy (non-hydrogen) atoms. The molecule has 0 amide bonds. The van der Waals surface area contributed by atoms with Crippen LogP contribution in [0.5, 0.6) is 0 Å². The second-order valence-electron chi connectivity index (χ2n) is 5.81. The van der Waals surface area contributed by atoms with E-state index >= 15 is 0 Å². The van der Waals surface area contributed by atoms with Crippen LogP contribution in [0.25, 0.3) is 0 Å². The van der Waals surface area contributed by atoms with Crippen LogP contribution in [-0.4, -0.2) is 68.8 Å². The van der Waals surface area contributed by atoms with Gasteiger partial charge in [-0.05, 0) is 40.3 Å². The molecule has 0 aromatic heterocycles. The van der Waals surface area contributed by atoms with Crippen LogP contribution in [0, 0.1) is 0 Å².